The van der Waals surface area contributed by atoms with Gasteiger partial charge in [0.2, 0.25) is 0 Å². The van der Waals surface area contributed by atoms with E-state index in [1.54, 1.807) is 0 Å². The summed E-state index contributed by atoms with van der Waals surface area (Å²) in [7, 11) is -5.10. The van der Waals surface area contributed by atoms with Gasteiger partial charge in [0.1, 0.15) is 43.2 Å². The number of rotatable bonds is 38. The zero-order valence-corrected chi connectivity index (χ0v) is 36.6. The summed E-state index contributed by atoms with van der Waals surface area (Å²) >= 11 is 0. The standard InChI is InChI=1S/C43H83O13P/c1-3-5-7-9-10-11-12-13-14-15-16-17-18-19-20-21-22-23-24-25-26-27-28-30-32-37(45)55-35(33-53-36(44)31-29-8-6-4-2)34-54-57(51,52)56-43-41(49)39(47)38(46)40(48)42(43)50/h35,38-43,46-50H,3-34H2,1-2H3,(H,51,52). The first kappa shape index (κ1) is 53.9. The maximum absolute atomic E-state index is 12.7. The molecule has 6 unspecified atom stereocenters. The van der Waals surface area contributed by atoms with Crippen LogP contribution in [0.3, 0.4) is 0 Å². The van der Waals surface area contributed by atoms with E-state index in [0.29, 0.717) is 12.8 Å². The summed E-state index contributed by atoms with van der Waals surface area (Å²) in [5.74, 6) is -1.11. The maximum Gasteiger partial charge on any atom is 0.472 e. The predicted molar refractivity (Wildman–Crippen MR) is 221 cm³/mol. The summed E-state index contributed by atoms with van der Waals surface area (Å²) < 4.78 is 33.2. The molecule has 1 aliphatic carbocycles. The molecule has 0 heterocycles. The van der Waals surface area contributed by atoms with Gasteiger partial charge in [0.05, 0.1) is 6.61 Å². The summed E-state index contributed by atoms with van der Waals surface area (Å²) in [6, 6.07) is 0. The Balaban J connectivity index is 2.23. The normalized spacial score (nSPS) is 22.6. The number of phosphoric ester groups is 1. The fourth-order valence-corrected chi connectivity index (χ4v) is 8.20. The van der Waals surface area contributed by atoms with Crippen molar-refractivity contribution >= 4 is 19.8 Å². The molecule has 6 atom stereocenters. The molecular weight excluding hydrogens is 755 g/mol. The van der Waals surface area contributed by atoms with Crippen LogP contribution < -0.4 is 0 Å². The van der Waals surface area contributed by atoms with Crippen LogP contribution in [0.5, 0.6) is 0 Å². The van der Waals surface area contributed by atoms with Crippen molar-refractivity contribution in [2.75, 3.05) is 13.2 Å². The van der Waals surface area contributed by atoms with E-state index >= 15 is 0 Å². The molecule has 0 amide bonds. The molecule has 1 fully saturated rings. The van der Waals surface area contributed by atoms with E-state index in [9.17, 15) is 44.6 Å². The Morgan fingerprint density at radius 3 is 1.18 bits per heavy atom. The highest BCUT2D eigenvalue weighted by molar-refractivity contribution is 7.47. The van der Waals surface area contributed by atoms with Gasteiger partial charge in [-0.15, -0.1) is 0 Å². The van der Waals surface area contributed by atoms with Gasteiger partial charge in [0, 0.05) is 12.8 Å². The van der Waals surface area contributed by atoms with Gasteiger partial charge in [0.25, 0.3) is 0 Å². The molecule has 0 aromatic rings. The number of unbranched alkanes of at least 4 members (excludes halogenated alkanes) is 26. The smallest absolute Gasteiger partial charge is 0.462 e. The summed E-state index contributed by atoms with van der Waals surface area (Å²) in [5, 5.41) is 49.9. The minimum absolute atomic E-state index is 0.104. The molecule has 0 radical (unpaired) electrons. The van der Waals surface area contributed by atoms with Crippen LogP contribution in [0.15, 0.2) is 0 Å². The van der Waals surface area contributed by atoms with Gasteiger partial charge in [-0.1, -0.05) is 181 Å². The second kappa shape index (κ2) is 34.6. The average molecular weight is 839 g/mol. The van der Waals surface area contributed by atoms with Crippen molar-refractivity contribution < 1.29 is 63.1 Å². The molecule has 14 heteroatoms. The van der Waals surface area contributed by atoms with Crippen molar-refractivity contribution in [3.8, 4) is 0 Å². The fraction of sp³-hybridized carbons (Fsp3) is 0.953. The Morgan fingerprint density at radius 2 is 0.789 bits per heavy atom. The zero-order chi connectivity index (χ0) is 42.2. The van der Waals surface area contributed by atoms with Crippen LogP contribution in [0.4, 0.5) is 0 Å². The summed E-state index contributed by atoms with van der Waals surface area (Å²) in [6.07, 6.45) is 21.3. The molecule has 0 aromatic heterocycles. The van der Waals surface area contributed by atoms with Gasteiger partial charge in [-0.2, -0.15) is 0 Å². The van der Waals surface area contributed by atoms with Crippen LogP contribution in [-0.4, -0.2) is 98.3 Å². The van der Waals surface area contributed by atoms with Gasteiger partial charge in [-0.25, -0.2) is 4.57 Å². The third kappa shape index (κ3) is 27.3. The monoisotopic (exact) mass is 839 g/mol. The van der Waals surface area contributed by atoms with Crippen molar-refractivity contribution in [1.82, 2.24) is 0 Å². The van der Waals surface area contributed by atoms with E-state index < -0.39 is 75.7 Å². The van der Waals surface area contributed by atoms with Crippen molar-refractivity contribution in [2.45, 2.75) is 249 Å². The molecule has 0 spiro atoms. The van der Waals surface area contributed by atoms with E-state index in [4.69, 9.17) is 18.5 Å². The summed E-state index contributed by atoms with van der Waals surface area (Å²) in [5.41, 5.74) is 0. The average Bonchev–Trinajstić information content (AvgIpc) is 3.19. The number of carbonyl (C=O) groups is 2. The van der Waals surface area contributed by atoms with Gasteiger partial charge in [-0.3, -0.25) is 18.6 Å². The lowest BCUT2D eigenvalue weighted by Gasteiger charge is -2.41. The molecule has 338 valence electrons. The number of hydrogen-bond acceptors (Lipinski definition) is 12. The molecular formula is C43H83O13P. The van der Waals surface area contributed by atoms with Gasteiger partial charge < -0.3 is 39.9 Å². The van der Waals surface area contributed by atoms with Crippen molar-refractivity contribution in [2.24, 2.45) is 0 Å². The van der Waals surface area contributed by atoms with E-state index in [2.05, 4.69) is 6.92 Å². The number of aliphatic hydroxyl groups is 5. The van der Waals surface area contributed by atoms with Gasteiger partial charge in [-0.05, 0) is 12.8 Å². The Morgan fingerprint density at radius 1 is 0.474 bits per heavy atom. The Bertz CT molecular complexity index is 1020. The largest absolute Gasteiger partial charge is 0.472 e. The third-order valence-electron chi connectivity index (χ3n) is 10.9. The van der Waals surface area contributed by atoms with E-state index in [0.717, 1.165) is 38.5 Å². The van der Waals surface area contributed by atoms with E-state index in [1.165, 1.54) is 128 Å². The van der Waals surface area contributed by atoms with Crippen molar-refractivity contribution in [1.29, 1.82) is 0 Å². The molecule has 0 saturated heterocycles. The number of carbonyl (C=O) groups excluding carboxylic acids is 2. The molecule has 1 rings (SSSR count). The minimum Gasteiger partial charge on any atom is -0.462 e. The zero-order valence-electron chi connectivity index (χ0n) is 35.7. The SMILES string of the molecule is CCCCCCCCCCCCCCCCCCCCCCCCCCC(=O)OC(COC(=O)CCCCCC)COP(=O)(O)OC1C(O)C(O)C(O)C(O)C1O. The minimum atomic E-state index is -5.10. The van der Waals surface area contributed by atoms with Crippen LogP contribution in [0.25, 0.3) is 0 Å². The number of phosphoric acid groups is 1. The second-order valence-electron chi connectivity index (χ2n) is 16.3. The number of esters is 2. The third-order valence-corrected chi connectivity index (χ3v) is 11.9. The van der Waals surface area contributed by atoms with Gasteiger partial charge >= 0.3 is 19.8 Å². The van der Waals surface area contributed by atoms with Crippen LogP contribution in [0.1, 0.15) is 206 Å². The van der Waals surface area contributed by atoms with Gasteiger partial charge in [0.15, 0.2) is 6.10 Å². The number of ether oxygens (including phenoxy) is 2. The first-order valence-electron chi connectivity index (χ1n) is 22.8. The van der Waals surface area contributed by atoms with Crippen molar-refractivity contribution in [3.63, 3.8) is 0 Å². The van der Waals surface area contributed by atoms with Crippen LogP contribution in [0, 0.1) is 0 Å². The highest BCUT2D eigenvalue weighted by Gasteiger charge is 2.51. The highest BCUT2D eigenvalue weighted by Crippen LogP contribution is 2.47. The van der Waals surface area contributed by atoms with E-state index in [1.807, 2.05) is 6.92 Å². The van der Waals surface area contributed by atoms with E-state index in [-0.39, 0.29) is 12.8 Å². The lowest BCUT2D eigenvalue weighted by molar-refractivity contribution is -0.220. The highest BCUT2D eigenvalue weighted by atomic mass is 31.2. The van der Waals surface area contributed by atoms with Crippen LogP contribution >= 0.6 is 7.82 Å². The van der Waals surface area contributed by atoms with Crippen LogP contribution in [0.2, 0.25) is 0 Å². The Kier molecular flexibility index (Phi) is 32.7. The molecule has 1 saturated carbocycles. The second-order valence-corrected chi connectivity index (χ2v) is 17.7. The Labute approximate surface area is 344 Å². The summed E-state index contributed by atoms with van der Waals surface area (Å²) in [6.45, 7) is 3.16. The topological polar surface area (TPSA) is 210 Å². The molecule has 13 nitrogen and oxygen atoms in total. The molecule has 1 aliphatic rings. The molecule has 0 aromatic carbocycles. The molecule has 0 aliphatic heterocycles. The molecule has 57 heavy (non-hydrogen) atoms. The molecule has 6 N–H and O–H groups in total. The Hall–Kier alpha value is -1.15. The predicted octanol–water partition coefficient (Wildman–Crippen LogP) is 8.50. The number of aliphatic hydroxyl groups excluding tert-OH is 5. The number of hydrogen-bond donors (Lipinski definition) is 6. The molecule has 0 bridgehead atoms. The quantitative estimate of drug-likeness (QED) is 0.0196. The fourth-order valence-electron chi connectivity index (χ4n) is 7.23. The van der Waals surface area contributed by atoms with Crippen molar-refractivity contribution in [3.05, 3.63) is 0 Å². The van der Waals surface area contributed by atoms with Crippen LogP contribution in [-0.2, 0) is 32.7 Å². The maximum atomic E-state index is 12.7. The first-order chi connectivity index (χ1) is 27.4. The first-order valence-corrected chi connectivity index (χ1v) is 24.3. The lowest BCUT2D eigenvalue weighted by Crippen LogP contribution is -2.64. The lowest BCUT2D eigenvalue weighted by atomic mass is 9.85. The summed E-state index contributed by atoms with van der Waals surface area (Å²) in [4.78, 5) is 35.2.